The minimum atomic E-state index is -1.46. The van der Waals surface area contributed by atoms with Crippen LogP contribution >= 0.6 is 0 Å². The van der Waals surface area contributed by atoms with Gasteiger partial charge in [-0.2, -0.15) is 5.10 Å². The van der Waals surface area contributed by atoms with Gasteiger partial charge in [0.05, 0.1) is 12.2 Å². The quantitative estimate of drug-likeness (QED) is 0.760. The van der Waals surface area contributed by atoms with Gasteiger partial charge in [0.2, 0.25) is 0 Å². The van der Waals surface area contributed by atoms with Gasteiger partial charge in [-0.05, 0) is 54.4 Å². The Morgan fingerprint density at radius 1 is 1.04 bits per heavy atom. The second kappa shape index (κ2) is 7.06. The highest BCUT2D eigenvalue weighted by Crippen LogP contribution is 2.20. The molecule has 0 spiro atoms. The molecule has 0 aliphatic heterocycles. The molecule has 2 aromatic carbocycles. The molecular weight excluding hydrogens is 361 g/mol. The smallest absolute Gasteiger partial charge is 0.341 e. The molecule has 0 saturated heterocycles. The van der Waals surface area contributed by atoms with Crippen LogP contribution in [0.1, 0.15) is 21.5 Å². The van der Waals surface area contributed by atoms with Gasteiger partial charge < -0.3 is 5.11 Å². The molecule has 0 atom stereocenters. The summed E-state index contributed by atoms with van der Waals surface area (Å²) in [6.07, 6.45) is 0. The Kier molecular flexibility index (Phi) is 4.81. The van der Waals surface area contributed by atoms with E-state index < -0.39 is 34.5 Å². The number of carboxylic acids is 1. The van der Waals surface area contributed by atoms with Gasteiger partial charge in [-0.1, -0.05) is 6.07 Å². The monoisotopic (exact) mass is 374 g/mol. The number of benzene rings is 2. The summed E-state index contributed by atoms with van der Waals surface area (Å²) < 4.78 is 40.8. The first kappa shape index (κ1) is 18.4. The van der Waals surface area contributed by atoms with Crippen molar-refractivity contribution in [2.75, 3.05) is 0 Å². The Bertz CT molecular complexity index is 1110. The molecule has 3 aromatic rings. The van der Waals surface area contributed by atoms with Crippen LogP contribution in [0, 0.1) is 24.4 Å². The number of carboxylic acid groups (broad SMARTS) is 1. The molecule has 8 heteroatoms. The third kappa shape index (κ3) is 3.74. The number of hydrogen-bond acceptors (Lipinski definition) is 3. The normalized spacial score (nSPS) is 10.8. The number of aromatic carboxylic acids is 1. The van der Waals surface area contributed by atoms with Gasteiger partial charge in [0.15, 0.2) is 11.6 Å². The minimum absolute atomic E-state index is 0.137. The van der Waals surface area contributed by atoms with E-state index in [1.807, 2.05) is 0 Å². The molecule has 1 heterocycles. The fourth-order valence-corrected chi connectivity index (χ4v) is 2.56. The first-order valence-corrected chi connectivity index (χ1v) is 7.82. The molecule has 0 fully saturated rings. The van der Waals surface area contributed by atoms with Crippen LogP contribution in [0.15, 0.2) is 47.3 Å². The SMILES string of the molecule is Cc1cc(-c2cc(C(=O)O)c(=O)n(Cc3ccc(F)c(F)c3)n2)ccc1F. The molecule has 0 aliphatic carbocycles. The van der Waals surface area contributed by atoms with Gasteiger partial charge in [0.25, 0.3) is 5.56 Å². The summed E-state index contributed by atoms with van der Waals surface area (Å²) in [6.45, 7) is 1.28. The molecule has 3 rings (SSSR count). The van der Waals surface area contributed by atoms with Crippen LogP contribution in [0.25, 0.3) is 11.3 Å². The number of hydrogen-bond donors (Lipinski definition) is 1. The van der Waals surface area contributed by atoms with Crippen molar-refractivity contribution < 1.29 is 23.1 Å². The van der Waals surface area contributed by atoms with E-state index in [2.05, 4.69) is 5.10 Å². The van der Waals surface area contributed by atoms with Crippen LogP contribution in [0.2, 0.25) is 0 Å². The molecule has 0 bridgehead atoms. The summed E-state index contributed by atoms with van der Waals surface area (Å²) in [4.78, 5) is 23.8. The summed E-state index contributed by atoms with van der Waals surface area (Å²) in [5, 5.41) is 13.4. The number of aryl methyl sites for hydroxylation is 1. The first-order valence-electron chi connectivity index (χ1n) is 7.82. The fraction of sp³-hybridized carbons (Fsp3) is 0.105. The standard InChI is InChI=1S/C19H13F3N2O3/c1-10-6-12(3-5-14(10)20)17-8-13(19(26)27)18(25)24(23-17)9-11-2-4-15(21)16(22)7-11/h2-8H,9H2,1H3,(H,26,27). The molecule has 5 nitrogen and oxygen atoms in total. The number of nitrogens with zero attached hydrogens (tertiary/aromatic N) is 2. The van der Waals surface area contributed by atoms with Crippen molar-refractivity contribution in [2.45, 2.75) is 13.5 Å². The van der Waals surface area contributed by atoms with Gasteiger partial charge in [0, 0.05) is 5.56 Å². The zero-order valence-electron chi connectivity index (χ0n) is 14.0. The van der Waals surface area contributed by atoms with E-state index in [0.29, 0.717) is 11.1 Å². The third-order valence-electron chi connectivity index (χ3n) is 3.97. The summed E-state index contributed by atoms with van der Waals surface area (Å²) in [7, 11) is 0. The van der Waals surface area contributed by atoms with Crippen molar-refractivity contribution in [1.82, 2.24) is 9.78 Å². The van der Waals surface area contributed by atoms with E-state index in [1.54, 1.807) is 0 Å². The van der Waals surface area contributed by atoms with Crippen molar-refractivity contribution in [3.8, 4) is 11.3 Å². The molecule has 0 amide bonds. The van der Waals surface area contributed by atoms with Crippen LogP contribution in [-0.4, -0.2) is 20.9 Å². The van der Waals surface area contributed by atoms with Gasteiger partial charge >= 0.3 is 5.97 Å². The van der Waals surface area contributed by atoms with Crippen molar-refractivity contribution >= 4 is 5.97 Å². The summed E-state index contributed by atoms with van der Waals surface area (Å²) in [5.74, 6) is -4.03. The molecule has 0 aliphatic rings. The van der Waals surface area contributed by atoms with E-state index in [9.17, 15) is 27.9 Å². The zero-order valence-corrected chi connectivity index (χ0v) is 14.0. The maximum atomic E-state index is 13.5. The summed E-state index contributed by atoms with van der Waals surface area (Å²) in [5.41, 5.74) is -0.329. The Balaban J connectivity index is 2.13. The Morgan fingerprint density at radius 2 is 1.74 bits per heavy atom. The van der Waals surface area contributed by atoms with Gasteiger partial charge in [-0.3, -0.25) is 4.79 Å². The second-order valence-electron chi connectivity index (χ2n) is 5.92. The van der Waals surface area contributed by atoms with E-state index in [0.717, 1.165) is 22.9 Å². The highest BCUT2D eigenvalue weighted by molar-refractivity contribution is 5.88. The lowest BCUT2D eigenvalue weighted by Crippen LogP contribution is -2.29. The average molecular weight is 374 g/mol. The highest BCUT2D eigenvalue weighted by Gasteiger charge is 2.16. The number of aromatic nitrogens is 2. The Morgan fingerprint density at radius 3 is 2.37 bits per heavy atom. The first-order chi connectivity index (χ1) is 12.8. The van der Waals surface area contributed by atoms with Crippen molar-refractivity contribution in [3.63, 3.8) is 0 Å². The van der Waals surface area contributed by atoms with Crippen molar-refractivity contribution in [3.05, 3.63) is 87.0 Å². The predicted molar refractivity (Wildman–Crippen MR) is 91.0 cm³/mol. The number of halogens is 3. The average Bonchev–Trinajstić information content (AvgIpc) is 2.62. The maximum Gasteiger partial charge on any atom is 0.341 e. The second-order valence-corrected chi connectivity index (χ2v) is 5.92. The molecule has 1 aromatic heterocycles. The molecule has 0 radical (unpaired) electrons. The Labute approximate surface area is 151 Å². The van der Waals surface area contributed by atoms with Gasteiger partial charge in [-0.25, -0.2) is 22.6 Å². The zero-order chi connectivity index (χ0) is 19.7. The van der Waals surface area contributed by atoms with Crippen molar-refractivity contribution in [1.29, 1.82) is 0 Å². The van der Waals surface area contributed by atoms with Gasteiger partial charge in [0.1, 0.15) is 11.4 Å². The molecule has 27 heavy (non-hydrogen) atoms. The molecule has 0 saturated carbocycles. The predicted octanol–water partition coefficient (Wildman–Crippen LogP) is 3.38. The lowest BCUT2D eigenvalue weighted by Gasteiger charge is -2.10. The van der Waals surface area contributed by atoms with Crippen LogP contribution in [0.3, 0.4) is 0 Å². The third-order valence-corrected chi connectivity index (χ3v) is 3.97. The lowest BCUT2D eigenvalue weighted by atomic mass is 10.1. The highest BCUT2D eigenvalue weighted by atomic mass is 19.2. The van der Waals surface area contributed by atoms with Crippen LogP contribution < -0.4 is 5.56 Å². The van der Waals surface area contributed by atoms with E-state index in [-0.39, 0.29) is 17.8 Å². The maximum absolute atomic E-state index is 13.5. The van der Waals surface area contributed by atoms with E-state index in [1.165, 1.54) is 31.2 Å². The van der Waals surface area contributed by atoms with Gasteiger partial charge in [-0.15, -0.1) is 0 Å². The largest absolute Gasteiger partial charge is 0.477 e. The lowest BCUT2D eigenvalue weighted by molar-refractivity contribution is 0.0693. The summed E-state index contributed by atoms with van der Waals surface area (Å²) in [6, 6.07) is 8.25. The van der Waals surface area contributed by atoms with Crippen LogP contribution in [0.5, 0.6) is 0 Å². The summed E-state index contributed by atoms with van der Waals surface area (Å²) >= 11 is 0. The van der Waals surface area contributed by atoms with E-state index in [4.69, 9.17) is 0 Å². The Hall–Kier alpha value is -3.42. The van der Waals surface area contributed by atoms with E-state index >= 15 is 0 Å². The molecule has 0 unspecified atom stereocenters. The van der Waals surface area contributed by atoms with Crippen molar-refractivity contribution in [2.24, 2.45) is 0 Å². The van der Waals surface area contributed by atoms with Crippen LogP contribution in [0.4, 0.5) is 13.2 Å². The number of rotatable bonds is 4. The molecular formula is C19H13F3N2O3. The topological polar surface area (TPSA) is 72.2 Å². The number of carbonyl (C=O) groups is 1. The fourth-order valence-electron chi connectivity index (χ4n) is 2.56. The van der Waals surface area contributed by atoms with Crippen LogP contribution in [-0.2, 0) is 6.54 Å². The molecule has 138 valence electrons. The molecule has 1 N–H and O–H groups in total. The minimum Gasteiger partial charge on any atom is -0.477 e.